The average Bonchev–Trinajstić information content (AvgIpc) is 3.48. The van der Waals surface area contributed by atoms with Crippen molar-refractivity contribution in [3.63, 3.8) is 0 Å². The highest BCUT2D eigenvalue weighted by atomic mass is 16.5. The molecule has 0 saturated heterocycles. The lowest BCUT2D eigenvalue weighted by molar-refractivity contribution is 0.0962. The first-order chi connectivity index (χ1) is 15.5. The summed E-state index contributed by atoms with van der Waals surface area (Å²) in [5.41, 5.74) is 1.52. The highest BCUT2D eigenvalue weighted by molar-refractivity contribution is 6.08. The number of amides is 2. The van der Waals surface area contributed by atoms with Crippen molar-refractivity contribution in [1.82, 2.24) is 0 Å². The molecule has 2 aromatic heterocycles. The summed E-state index contributed by atoms with van der Waals surface area (Å²) in [5, 5.41) is 3.29. The molecule has 1 aliphatic heterocycles. The van der Waals surface area contributed by atoms with Gasteiger partial charge in [0.2, 0.25) is 0 Å². The second-order valence-electron chi connectivity index (χ2n) is 7.31. The van der Waals surface area contributed by atoms with Gasteiger partial charge in [-0.1, -0.05) is 18.2 Å². The number of carbonyl (C=O) groups is 2. The van der Waals surface area contributed by atoms with Crippen LogP contribution in [0.4, 0.5) is 11.4 Å². The third-order valence-electron chi connectivity index (χ3n) is 5.40. The third-order valence-corrected chi connectivity index (χ3v) is 5.40. The second-order valence-corrected chi connectivity index (χ2v) is 7.31. The average molecular weight is 430 g/mol. The number of rotatable bonds is 4. The van der Waals surface area contributed by atoms with Crippen LogP contribution >= 0.6 is 0 Å². The predicted molar refractivity (Wildman–Crippen MR) is 118 cm³/mol. The molecule has 2 aromatic carbocycles. The summed E-state index contributed by atoms with van der Waals surface area (Å²) < 4.78 is 15.8. The normalized spacial score (nSPS) is 12.6. The van der Waals surface area contributed by atoms with E-state index in [0.717, 1.165) is 5.56 Å². The van der Waals surface area contributed by atoms with Crippen molar-refractivity contribution in [2.24, 2.45) is 0 Å². The molecule has 0 radical (unpaired) electrons. The Balaban J connectivity index is 1.44. The summed E-state index contributed by atoms with van der Waals surface area (Å²) in [7, 11) is 1.48. The van der Waals surface area contributed by atoms with E-state index in [9.17, 15) is 14.4 Å². The number of benzene rings is 2. The first-order valence-electron chi connectivity index (χ1n) is 9.95. The van der Waals surface area contributed by atoms with Crippen molar-refractivity contribution in [3.8, 4) is 5.75 Å². The zero-order valence-corrected chi connectivity index (χ0v) is 17.1. The molecule has 8 nitrogen and oxygen atoms in total. The quantitative estimate of drug-likeness (QED) is 0.494. The molecule has 1 N–H and O–H groups in total. The zero-order chi connectivity index (χ0) is 22.2. The molecule has 160 valence electrons. The molecule has 4 aromatic rings. The maximum Gasteiger partial charge on any atom is 0.349 e. The minimum absolute atomic E-state index is 0.130. The van der Waals surface area contributed by atoms with Crippen LogP contribution < -0.4 is 20.6 Å². The summed E-state index contributed by atoms with van der Waals surface area (Å²) >= 11 is 0. The lowest BCUT2D eigenvalue weighted by atomic mass is 10.1. The Morgan fingerprint density at radius 3 is 2.75 bits per heavy atom. The van der Waals surface area contributed by atoms with Gasteiger partial charge in [-0.25, -0.2) is 4.79 Å². The fraction of sp³-hybridized carbons (Fsp3) is 0.125. The Morgan fingerprint density at radius 1 is 1.09 bits per heavy atom. The largest absolute Gasteiger partial charge is 0.493 e. The Kier molecular flexibility index (Phi) is 4.74. The SMILES string of the molecule is COc1cccc2cc(C(=O)Nc3ccc4c(c3)N(C(=O)c3ccco3)CC4)c(=O)oc12. The molecule has 3 heterocycles. The zero-order valence-electron chi connectivity index (χ0n) is 17.1. The fourth-order valence-corrected chi connectivity index (χ4v) is 3.84. The molecule has 0 saturated carbocycles. The number of ether oxygens (including phenoxy) is 1. The number of para-hydroxylation sites is 1. The molecule has 5 rings (SSSR count). The lowest BCUT2D eigenvalue weighted by Gasteiger charge is -2.17. The van der Waals surface area contributed by atoms with Gasteiger partial charge in [0.15, 0.2) is 17.1 Å². The van der Waals surface area contributed by atoms with E-state index in [1.807, 2.05) is 6.07 Å². The van der Waals surface area contributed by atoms with Gasteiger partial charge in [0, 0.05) is 23.3 Å². The number of anilines is 2. The number of nitrogens with zero attached hydrogens (tertiary/aromatic N) is 1. The van der Waals surface area contributed by atoms with Gasteiger partial charge in [-0.2, -0.15) is 0 Å². The number of hydrogen-bond donors (Lipinski definition) is 1. The molecular weight excluding hydrogens is 412 g/mol. The highest BCUT2D eigenvalue weighted by Crippen LogP contribution is 2.32. The van der Waals surface area contributed by atoms with Crippen LogP contribution in [0.2, 0.25) is 0 Å². The smallest absolute Gasteiger partial charge is 0.349 e. The van der Waals surface area contributed by atoms with E-state index < -0.39 is 11.5 Å². The number of furan rings is 1. The van der Waals surface area contributed by atoms with Crippen molar-refractivity contribution in [1.29, 1.82) is 0 Å². The van der Waals surface area contributed by atoms with E-state index in [0.29, 0.717) is 35.5 Å². The van der Waals surface area contributed by atoms with Crippen LogP contribution in [0.5, 0.6) is 5.75 Å². The number of carbonyl (C=O) groups excluding carboxylic acids is 2. The van der Waals surface area contributed by atoms with Crippen LogP contribution in [0.25, 0.3) is 11.0 Å². The van der Waals surface area contributed by atoms with Gasteiger partial charge < -0.3 is 23.8 Å². The molecule has 0 fully saturated rings. The van der Waals surface area contributed by atoms with Crippen molar-refractivity contribution < 1.29 is 23.2 Å². The fourth-order valence-electron chi connectivity index (χ4n) is 3.84. The van der Waals surface area contributed by atoms with Crippen molar-refractivity contribution in [2.75, 3.05) is 23.9 Å². The predicted octanol–water partition coefficient (Wildman–Crippen LogP) is 3.85. The van der Waals surface area contributed by atoms with E-state index in [2.05, 4.69) is 5.32 Å². The van der Waals surface area contributed by atoms with Gasteiger partial charge in [0.05, 0.1) is 13.4 Å². The summed E-state index contributed by atoms with van der Waals surface area (Å²) in [6, 6.07) is 15.2. The molecule has 0 atom stereocenters. The van der Waals surface area contributed by atoms with Crippen molar-refractivity contribution in [2.45, 2.75) is 6.42 Å². The van der Waals surface area contributed by atoms with E-state index in [4.69, 9.17) is 13.6 Å². The first kappa shape index (κ1) is 19.6. The molecule has 0 bridgehead atoms. The molecule has 0 aliphatic carbocycles. The van der Waals surface area contributed by atoms with Crippen LogP contribution in [-0.4, -0.2) is 25.5 Å². The van der Waals surface area contributed by atoms with Crippen molar-refractivity contribution >= 4 is 34.2 Å². The Bertz CT molecular complexity index is 1400. The van der Waals surface area contributed by atoms with Crippen LogP contribution in [0.15, 0.2) is 74.5 Å². The molecule has 0 unspecified atom stereocenters. The topological polar surface area (TPSA) is 102 Å². The van der Waals surface area contributed by atoms with E-state index in [-0.39, 0.29) is 22.8 Å². The van der Waals surface area contributed by atoms with E-state index in [1.54, 1.807) is 47.4 Å². The summed E-state index contributed by atoms with van der Waals surface area (Å²) in [5.74, 6) is -0.199. The molecular formula is C24H18N2O6. The van der Waals surface area contributed by atoms with Crippen LogP contribution in [-0.2, 0) is 6.42 Å². The maximum absolute atomic E-state index is 12.8. The third kappa shape index (κ3) is 3.31. The Labute approximate surface area is 182 Å². The summed E-state index contributed by atoms with van der Waals surface area (Å²) in [4.78, 5) is 39.6. The number of methoxy groups -OCH3 is 1. The van der Waals surface area contributed by atoms with E-state index in [1.165, 1.54) is 19.4 Å². The lowest BCUT2D eigenvalue weighted by Crippen LogP contribution is -2.28. The minimum Gasteiger partial charge on any atom is -0.493 e. The number of hydrogen-bond acceptors (Lipinski definition) is 6. The van der Waals surface area contributed by atoms with Crippen LogP contribution in [0.1, 0.15) is 26.5 Å². The molecule has 1 aliphatic rings. The minimum atomic E-state index is -0.768. The standard InChI is InChI=1S/C24H18N2O6/c1-30-19-5-2-4-15-12-17(24(29)32-21(15)19)22(27)25-16-8-7-14-9-10-26(18(14)13-16)23(28)20-6-3-11-31-20/h2-8,11-13H,9-10H2,1H3,(H,25,27). The van der Waals surface area contributed by atoms with Crippen LogP contribution in [0, 0.1) is 0 Å². The number of fused-ring (bicyclic) bond motifs is 2. The van der Waals surface area contributed by atoms with Gasteiger partial charge in [0.25, 0.3) is 11.8 Å². The molecule has 8 heteroatoms. The monoisotopic (exact) mass is 430 g/mol. The van der Waals surface area contributed by atoms with Crippen molar-refractivity contribution in [3.05, 3.63) is 88.2 Å². The maximum atomic E-state index is 12.8. The summed E-state index contributed by atoms with van der Waals surface area (Å²) in [6.45, 7) is 0.516. The van der Waals surface area contributed by atoms with E-state index >= 15 is 0 Å². The second kappa shape index (κ2) is 7.73. The molecule has 2 amide bonds. The van der Waals surface area contributed by atoms with Gasteiger partial charge >= 0.3 is 5.63 Å². The Hall–Kier alpha value is -4.33. The van der Waals surface area contributed by atoms with Gasteiger partial charge in [0.1, 0.15) is 5.56 Å². The Morgan fingerprint density at radius 2 is 1.97 bits per heavy atom. The highest BCUT2D eigenvalue weighted by Gasteiger charge is 2.27. The van der Waals surface area contributed by atoms with Gasteiger partial charge in [-0.3, -0.25) is 9.59 Å². The molecule has 0 spiro atoms. The van der Waals surface area contributed by atoms with Gasteiger partial charge in [-0.05, 0) is 48.4 Å². The summed E-state index contributed by atoms with van der Waals surface area (Å²) in [6.07, 6.45) is 2.15. The van der Waals surface area contributed by atoms with Crippen LogP contribution in [0.3, 0.4) is 0 Å². The number of nitrogens with one attached hydrogen (secondary N) is 1. The van der Waals surface area contributed by atoms with Gasteiger partial charge in [-0.15, -0.1) is 0 Å². The molecule has 32 heavy (non-hydrogen) atoms. The first-order valence-corrected chi connectivity index (χ1v) is 9.95.